The van der Waals surface area contributed by atoms with Crippen LogP contribution in [0.25, 0.3) is 0 Å². The first kappa shape index (κ1) is 19.9. The van der Waals surface area contributed by atoms with E-state index in [0.717, 1.165) is 11.3 Å². The first-order valence-electron chi connectivity index (χ1n) is 9.12. The van der Waals surface area contributed by atoms with Gasteiger partial charge in [0.2, 0.25) is 5.76 Å². The maximum Gasteiger partial charge on any atom is 0.360 e. The largest absolute Gasteiger partial charge is 0.493 e. The average molecular weight is 385 g/mol. The Balaban J connectivity index is 1.51. The Hall–Kier alpha value is -2.82. The second kappa shape index (κ2) is 8.91. The van der Waals surface area contributed by atoms with Gasteiger partial charge in [0.25, 0.3) is 0 Å². The van der Waals surface area contributed by atoms with E-state index in [2.05, 4.69) is 17.0 Å². The number of hydrogen-bond acceptors (Lipinski definition) is 7. The van der Waals surface area contributed by atoms with Crippen LogP contribution in [0.5, 0.6) is 5.75 Å². The molecule has 0 unspecified atom stereocenters. The third kappa shape index (κ3) is 5.59. The summed E-state index contributed by atoms with van der Waals surface area (Å²) in [5.41, 5.74) is 0.890. The third-order valence-corrected chi connectivity index (χ3v) is 4.00. The zero-order chi connectivity index (χ0) is 20.0. The minimum absolute atomic E-state index is 0.106. The van der Waals surface area contributed by atoms with Crippen molar-refractivity contribution in [1.82, 2.24) is 5.16 Å². The van der Waals surface area contributed by atoms with Crippen LogP contribution >= 0.6 is 0 Å². The number of ether oxygens (including phenoxy) is 4. The number of esters is 1. The van der Waals surface area contributed by atoms with E-state index in [-0.39, 0.29) is 18.2 Å². The molecule has 148 valence electrons. The molecule has 7 heteroatoms. The number of benzene rings is 1. The molecule has 0 N–H and O–H groups in total. The van der Waals surface area contributed by atoms with E-state index in [1.54, 1.807) is 6.92 Å². The molecule has 3 rings (SSSR count). The van der Waals surface area contributed by atoms with Crippen LogP contribution in [0.1, 0.15) is 42.6 Å². The van der Waals surface area contributed by atoms with Gasteiger partial charge in [0.15, 0.2) is 11.5 Å². The van der Waals surface area contributed by atoms with Crippen molar-refractivity contribution in [3.8, 4) is 17.6 Å². The second-order valence-electron chi connectivity index (χ2n) is 6.77. The van der Waals surface area contributed by atoms with Gasteiger partial charge in [-0.05, 0) is 51.0 Å². The molecular formula is C21H23NO6. The fourth-order valence-corrected chi connectivity index (χ4v) is 2.44. The predicted molar refractivity (Wildman–Crippen MR) is 99.8 cm³/mol. The number of aromatic nitrogens is 1. The summed E-state index contributed by atoms with van der Waals surface area (Å²) in [4.78, 5) is 11.6. The summed E-state index contributed by atoms with van der Waals surface area (Å²) in [5.74, 6) is 5.98. The predicted octanol–water partition coefficient (Wildman–Crippen LogP) is 3.03. The van der Waals surface area contributed by atoms with Crippen LogP contribution < -0.4 is 4.74 Å². The van der Waals surface area contributed by atoms with Crippen molar-refractivity contribution in [3.05, 3.63) is 47.3 Å². The van der Waals surface area contributed by atoms with Gasteiger partial charge in [-0.15, -0.1) is 0 Å². The molecule has 1 aliphatic heterocycles. The van der Waals surface area contributed by atoms with Gasteiger partial charge in [0, 0.05) is 17.5 Å². The lowest BCUT2D eigenvalue weighted by molar-refractivity contribution is -0.264. The van der Waals surface area contributed by atoms with Crippen LogP contribution in [0.15, 0.2) is 34.9 Å². The van der Waals surface area contributed by atoms with Crippen molar-refractivity contribution in [3.63, 3.8) is 0 Å². The summed E-state index contributed by atoms with van der Waals surface area (Å²) in [6, 6.07) is 8.85. The van der Waals surface area contributed by atoms with Gasteiger partial charge in [-0.25, -0.2) is 4.79 Å². The van der Waals surface area contributed by atoms with E-state index in [1.807, 2.05) is 38.1 Å². The van der Waals surface area contributed by atoms with Crippen LogP contribution in [0.2, 0.25) is 0 Å². The van der Waals surface area contributed by atoms with Gasteiger partial charge in [-0.3, -0.25) is 0 Å². The molecule has 1 aliphatic rings. The summed E-state index contributed by atoms with van der Waals surface area (Å²) in [7, 11) is 0. The normalized spacial score (nSPS) is 16.1. The molecule has 1 fully saturated rings. The highest BCUT2D eigenvalue weighted by atomic mass is 16.7. The summed E-state index contributed by atoms with van der Waals surface area (Å²) < 4.78 is 26.9. The average Bonchev–Trinajstić information content (AvgIpc) is 3.16. The van der Waals surface area contributed by atoms with Crippen molar-refractivity contribution in [2.45, 2.75) is 26.6 Å². The molecule has 0 amide bonds. The van der Waals surface area contributed by atoms with Gasteiger partial charge in [0.1, 0.15) is 5.75 Å². The lowest BCUT2D eigenvalue weighted by Gasteiger charge is -2.34. The lowest BCUT2D eigenvalue weighted by Crippen LogP contribution is -2.41. The van der Waals surface area contributed by atoms with E-state index in [0.29, 0.717) is 25.6 Å². The van der Waals surface area contributed by atoms with Crippen molar-refractivity contribution in [2.24, 2.45) is 5.92 Å². The number of rotatable bonds is 5. The summed E-state index contributed by atoms with van der Waals surface area (Å²) in [6.45, 7) is 7.56. The second-order valence-corrected chi connectivity index (χ2v) is 6.77. The molecule has 0 bridgehead atoms. The molecule has 1 aromatic heterocycles. The Bertz CT molecular complexity index is 849. The maximum atomic E-state index is 11.6. The standard InChI is InChI=1S/C21H23NO6/c1-4-24-20(23)19-11-18(28-22-19)10-7-15-5-8-17(9-6-15)25-12-16-13-26-21(2,3)27-14-16/h5-6,8-9,11,16H,4,12-14H2,1-3H3. The van der Waals surface area contributed by atoms with E-state index in [9.17, 15) is 4.79 Å². The molecule has 28 heavy (non-hydrogen) atoms. The van der Waals surface area contributed by atoms with Gasteiger partial charge in [-0.1, -0.05) is 11.1 Å². The highest BCUT2D eigenvalue weighted by Crippen LogP contribution is 2.21. The molecule has 0 spiro atoms. The van der Waals surface area contributed by atoms with Crippen molar-refractivity contribution >= 4 is 5.97 Å². The number of carbonyl (C=O) groups excluding carboxylic acids is 1. The summed E-state index contributed by atoms with van der Waals surface area (Å²) in [6.07, 6.45) is 0. The fourth-order valence-electron chi connectivity index (χ4n) is 2.44. The molecule has 7 nitrogen and oxygen atoms in total. The minimum Gasteiger partial charge on any atom is -0.493 e. The SMILES string of the molecule is CCOC(=O)c1cc(C#Cc2ccc(OCC3COC(C)(C)OC3)cc2)on1. The molecule has 2 aromatic rings. The summed E-state index contributed by atoms with van der Waals surface area (Å²) in [5, 5.41) is 3.65. The topological polar surface area (TPSA) is 80.0 Å². The van der Waals surface area contributed by atoms with Crippen molar-refractivity contribution < 1.29 is 28.3 Å². The van der Waals surface area contributed by atoms with E-state index < -0.39 is 11.8 Å². The lowest BCUT2D eigenvalue weighted by atomic mass is 10.1. The van der Waals surface area contributed by atoms with Gasteiger partial charge in [-0.2, -0.15) is 0 Å². The van der Waals surface area contributed by atoms with E-state index in [4.69, 9.17) is 23.5 Å². The first-order valence-corrected chi connectivity index (χ1v) is 9.12. The van der Waals surface area contributed by atoms with E-state index >= 15 is 0 Å². The highest BCUT2D eigenvalue weighted by Gasteiger charge is 2.28. The smallest absolute Gasteiger partial charge is 0.360 e. The molecule has 0 radical (unpaired) electrons. The Morgan fingerprint density at radius 2 is 1.93 bits per heavy atom. The Kier molecular flexibility index (Phi) is 6.34. The van der Waals surface area contributed by atoms with Crippen molar-refractivity contribution in [1.29, 1.82) is 0 Å². The molecule has 1 saturated heterocycles. The first-order chi connectivity index (χ1) is 13.4. The molecular weight excluding hydrogens is 362 g/mol. The number of nitrogens with zero attached hydrogens (tertiary/aromatic N) is 1. The molecule has 0 saturated carbocycles. The monoisotopic (exact) mass is 385 g/mol. The van der Waals surface area contributed by atoms with Gasteiger partial charge >= 0.3 is 5.97 Å². The zero-order valence-corrected chi connectivity index (χ0v) is 16.2. The molecule has 0 aliphatic carbocycles. The Labute approximate surface area is 163 Å². The maximum absolute atomic E-state index is 11.6. The Morgan fingerprint density at radius 1 is 1.21 bits per heavy atom. The van der Waals surface area contributed by atoms with Crippen molar-refractivity contribution in [2.75, 3.05) is 26.4 Å². The third-order valence-electron chi connectivity index (χ3n) is 4.00. The van der Waals surface area contributed by atoms with Crippen LogP contribution in [-0.4, -0.2) is 43.3 Å². The highest BCUT2D eigenvalue weighted by molar-refractivity contribution is 5.87. The quantitative estimate of drug-likeness (QED) is 0.578. The van der Waals surface area contributed by atoms with Gasteiger partial charge in [0.05, 0.1) is 26.4 Å². The fraction of sp³-hybridized carbons (Fsp3) is 0.429. The molecule has 1 aromatic carbocycles. The number of hydrogen-bond donors (Lipinski definition) is 0. The van der Waals surface area contributed by atoms with Crippen LogP contribution in [0, 0.1) is 17.8 Å². The number of carbonyl (C=O) groups is 1. The van der Waals surface area contributed by atoms with Crippen LogP contribution in [-0.2, 0) is 14.2 Å². The molecule has 0 atom stereocenters. The summed E-state index contributed by atoms with van der Waals surface area (Å²) >= 11 is 0. The van der Waals surface area contributed by atoms with Crippen LogP contribution in [0.3, 0.4) is 0 Å². The Morgan fingerprint density at radius 3 is 2.61 bits per heavy atom. The van der Waals surface area contributed by atoms with E-state index in [1.165, 1.54) is 6.07 Å². The minimum atomic E-state index is -0.530. The molecule has 2 heterocycles. The zero-order valence-electron chi connectivity index (χ0n) is 16.2. The van der Waals surface area contributed by atoms with Gasteiger partial charge < -0.3 is 23.5 Å². The van der Waals surface area contributed by atoms with Crippen LogP contribution in [0.4, 0.5) is 0 Å².